The molecule has 102 valence electrons. The first-order valence-corrected chi connectivity index (χ1v) is 6.91. The Balaban J connectivity index is 2.30. The number of aryl methyl sites for hydroxylation is 1. The van der Waals surface area contributed by atoms with Crippen LogP contribution in [0.4, 0.5) is 4.39 Å². The van der Waals surface area contributed by atoms with E-state index in [1.807, 2.05) is 19.1 Å². The van der Waals surface area contributed by atoms with Crippen LogP contribution in [0.5, 0.6) is 0 Å². The summed E-state index contributed by atoms with van der Waals surface area (Å²) in [6.07, 6.45) is 0.893. The van der Waals surface area contributed by atoms with Crippen LogP contribution < -0.4 is 0 Å². The summed E-state index contributed by atoms with van der Waals surface area (Å²) < 4.78 is 18.9. The Hall–Kier alpha value is -1.28. The van der Waals surface area contributed by atoms with Crippen LogP contribution in [0.25, 0.3) is 11.3 Å². The molecule has 0 saturated heterocycles. The lowest BCUT2D eigenvalue weighted by Gasteiger charge is -2.10. The molecule has 0 aliphatic carbocycles. The molecule has 0 fully saturated rings. The van der Waals surface area contributed by atoms with Crippen molar-refractivity contribution in [3.8, 4) is 11.3 Å². The van der Waals surface area contributed by atoms with Gasteiger partial charge in [0.05, 0.1) is 5.38 Å². The standard InChI is InChI=1S/C16H18ClFO/c1-10(2)7-15(17)14-9-16(19-11(14)3)12-5-4-6-13(18)8-12/h4-6,8-10,15H,7H2,1-3H3. The van der Waals surface area contributed by atoms with Crippen LogP contribution in [0.15, 0.2) is 34.7 Å². The zero-order valence-corrected chi connectivity index (χ0v) is 12.2. The smallest absolute Gasteiger partial charge is 0.134 e. The molecule has 0 saturated carbocycles. The number of furan rings is 1. The third-order valence-electron chi connectivity index (χ3n) is 3.08. The van der Waals surface area contributed by atoms with Gasteiger partial charge < -0.3 is 4.42 Å². The van der Waals surface area contributed by atoms with Crippen molar-refractivity contribution < 1.29 is 8.81 Å². The molecule has 2 rings (SSSR count). The summed E-state index contributed by atoms with van der Waals surface area (Å²) in [6, 6.07) is 8.31. The van der Waals surface area contributed by atoms with Gasteiger partial charge in [0.25, 0.3) is 0 Å². The summed E-state index contributed by atoms with van der Waals surface area (Å²) in [4.78, 5) is 0. The van der Waals surface area contributed by atoms with Gasteiger partial charge in [0.1, 0.15) is 17.3 Å². The Morgan fingerprint density at radius 1 is 1.26 bits per heavy atom. The van der Waals surface area contributed by atoms with E-state index >= 15 is 0 Å². The van der Waals surface area contributed by atoms with Crippen molar-refractivity contribution in [3.05, 3.63) is 47.5 Å². The molecule has 0 amide bonds. The second-order valence-corrected chi connectivity index (χ2v) is 5.76. The van der Waals surface area contributed by atoms with Gasteiger partial charge in [0, 0.05) is 11.1 Å². The van der Waals surface area contributed by atoms with Crippen LogP contribution in [0, 0.1) is 18.7 Å². The summed E-state index contributed by atoms with van der Waals surface area (Å²) in [5.41, 5.74) is 1.73. The topological polar surface area (TPSA) is 13.1 Å². The summed E-state index contributed by atoms with van der Waals surface area (Å²) >= 11 is 6.40. The van der Waals surface area contributed by atoms with E-state index in [0.29, 0.717) is 11.7 Å². The minimum Gasteiger partial charge on any atom is -0.461 e. The SMILES string of the molecule is Cc1oc(-c2cccc(F)c2)cc1C(Cl)CC(C)C. The molecular weight excluding hydrogens is 263 g/mol. The van der Waals surface area contributed by atoms with Crippen LogP contribution in [0.1, 0.15) is 37.0 Å². The van der Waals surface area contributed by atoms with E-state index < -0.39 is 0 Å². The molecule has 1 aromatic heterocycles. The molecule has 1 aromatic carbocycles. The van der Waals surface area contributed by atoms with Gasteiger partial charge in [-0.05, 0) is 37.5 Å². The lowest BCUT2D eigenvalue weighted by Crippen LogP contribution is -1.96. The van der Waals surface area contributed by atoms with Crippen molar-refractivity contribution in [2.75, 3.05) is 0 Å². The second-order valence-electron chi connectivity index (χ2n) is 5.23. The van der Waals surface area contributed by atoms with Gasteiger partial charge in [-0.15, -0.1) is 11.6 Å². The largest absolute Gasteiger partial charge is 0.461 e. The van der Waals surface area contributed by atoms with Gasteiger partial charge >= 0.3 is 0 Å². The maximum atomic E-state index is 13.2. The van der Waals surface area contributed by atoms with Crippen molar-refractivity contribution in [1.82, 2.24) is 0 Å². The van der Waals surface area contributed by atoms with Crippen molar-refractivity contribution in [2.24, 2.45) is 5.92 Å². The maximum absolute atomic E-state index is 13.2. The molecule has 0 aliphatic heterocycles. The minimum absolute atomic E-state index is 0.0638. The van der Waals surface area contributed by atoms with Gasteiger partial charge in [0.2, 0.25) is 0 Å². The van der Waals surface area contributed by atoms with Gasteiger partial charge in [-0.2, -0.15) is 0 Å². The van der Waals surface area contributed by atoms with Crippen molar-refractivity contribution in [3.63, 3.8) is 0 Å². The summed E-state index contributed by atoms with van der Waals surface area (Å²) in [5.74, 6) is 1.73. The van der Waals surface area contributed by atoms with E-state index in [-0.39, 0.29) is 11.2 Å². The molecule has 1 heterocycles. The lowest BCUT2D eigenvalue weighted by atomic mass is 10.0. The third kappa shape index (κ3) is 3.38. The number of hydrogen-bond donors (Lipinski definition) is 0. The first-order chi connectivity index (χ1) is 8.97. The Morgan fingerprint density at radius 3 is 2.63 bits per heavy atom. The maximum Gasteiger partial charge on any atom is 0.134 e. The Kier molecular flexibility index (Phi) is 4.31. The predicted octanol–water partition coefficient (Wildman–Crippen LogP) is 5.72. The van der Waals surface area contributed by atoms with Crippen molar-refractivity contribution in [1.29, 1.82) is 0 Å². The number of alkyl halides is 1. The highest BCUT2D eigenvalue weighted by atomic mass is 35.5. The predicted molar refractivity (Wildman–Crippen MR) is 76.9 cm³/mol. The summed E-state index contributed by atoms with van der Waals surface area (Å²) in [7, 11) is 0. The van der Waals surface area contributed by atoms with E-state index in [0.717, 1.165) is 23.3 Å². The Labute approximate surface area is 118 Å². The summed E-state index contributed by atoms with van der Waals surface area (Å²) in [6.45, 7) is 6.17. The monoisotopic (exact) mass is 280 g/mol. The van der Waals surface area contributed by atoms with Crippen LogP contribution in [-0.2, 0) is 0 Å². The van der Waals surface area contributed by atoms with Crippen LogP contribution in [0.3, 0.4) is 0 Å². The molecule has 1 nitrogen and oxygen atoms in total. The molecule has 2 aromatic rings. The number of hydrogen-bond acceptors (Lipinski definition) is 1. The zero-order valence-electron chi connectivity index (χ0n) is 11.4. The number of halogens is 2. The Bertz CT molecular complexity index is 560. The average molecular weight is 281 g/mol. The van der Waals surface area contributed by atoms with Crippen molar-refractivity contribution in [2.45, 2.75) is 32.6 Å². The van der Waals surface area contributed by atoms with Crippen LogP contribution >= 0.6 is 11.6 Å². The van der Waals surface area contributed by atoms with E-state index in [1.54, 1.807) is 6.07 Å². The lowest BCUT2D eigenvalue weighted by molar-refractivity contribution is 0.530. The third-order valence-corrected chi connectivity index (χ3v) is 3.49. The van der Waals surface area contributed by atoms with Gasteiger partial charge in [-0.3, -0.25) is 0 Å². The summed E-state index contributed by atoms with van der Waals surface area (Å²) in [5, 5.41) is -0.0638. The van der Waals surface area contributed by atoms with Crippen LogP contribution in [0.2, 0.25) is 0 Å². The first-order valence-electron chi connectivity index (χ1n) is 6.47. The fraction of sp³-hybridized carbons (Fsp3) is 0.375. The van der Waals surface area contributed by atoms with E-state index in [9.17, 15) is 4.39 Å². The van der Waals surface area contributed by atoms with Gasteiger partial charge in [-0.25, -0.2) is 4.39 Å². The number of benzene rings is 1. The fourth-order valence-corrected chi connectivity index (χ4v) is 2.71. The minimum atomic E-state index is -0.266. The molecular formula is C16H18ClFO. The molecule has 3 heteroatoms. The van der Waals surface area contributed by atoms with Crippen LogP contribution in [-0.4, -0.2) is 0 Å². The zero-order chi connectivity index (χ0) is 14.0. The molecule has 0 radical (unpaired) electrons. The molecule has 1 atom stereocenters. The van der Waals surface area contributed by atoms with Gasteiger partial charge in [-0.1, -0.05) is 26.0 Å². The normalized spacial score (nSPS) is 12.9. The first kappa shape index (κ1) is 14.1. The molecule has 0 spiro atoms. The van der Waals surface area contributed by atoms with Crippen molar-refractivity contribution >= 4 is 11.6 Å². The quantitative estimate of drug-likeness (QED) is 0.653. The fourth-order valence-electron chi connectivity index (χ4n) is 2.13. The van der Waals surface area contributed by atoms with E-state index in [2.05, 4.69) is 13.8 Å². The highest BCUT2D eigenvalue weighted by molar-refractivity contribution is 6.20. The van der Waals surface area contributed by atoms with Gasteiger partial charge in [0.15, 0.2) is 0 Å². The highest BCUT2D eigenvalue weighted by Crippen LogP contribution is 2.35. The second kappa shape index (κ2) is 5.79. The molecule has 0 aliphatic rings. The average Bonchev–Trinajstić information content (AvgIpc) is 2.70. The molecule has 0 bridgehead atoms. The van der Waals surface area contributed by atoms with E-state index in [1.165, 1.54) is 12.1 Å². The molecule has 19 heavy (non-hydrogen) atoms. The van der Waals surface area contributed by atoms with E-state index in [4.69, 9.17) is 16.0 Å². The Morgan fingerprint density at radius 2 is 2.00 bits per heavy atom. The number of rotatable bonds is 4. The highest BCUT2D eigenvalue weighted by Gasteiger charge is 2.17. The molecule has 0 N–H and O–H groups in total. The molecule has 1 unspecified atom stereocenters.